The summed E-state index contributed by atoms with van der Waals surface area (Å²) in [5, 5.41) is 11.7. The molecule has 108 valence electrons. The molecule has 0 atom stereocenters. The molecule has 0 saturated heterocycles. The Morgan fingerprint density at radius 3 is 2.81 bits per heavy atom. The van der Waals surface area contributed by atoms with Crippen molar-refractivity contribution in [1.82, 2.24) is 5.32 Å². The fourth-order valence-corrected chi connectivity index (χ4v) is 2.68. The summed E-state index contributed by atoms with van der Waals surface area (Å²) in [4.78, 5) is 14.6. The number of amides is 1. The van der Waals surface area contributed by atoms with Crippen molar-refractivity contribution in [3.05, 3.63) is 57.3 Å². The van der Waals surface area contributed by atoms with Gasteiger partial charge in [-0.25, -0.2) is 0 Å². The third-order valence-corrected chi connectivity index (χ3v) is 3.85. The van der Waals surface area contributed by atoms with Crippen molar-refractivity contribution >= 4 is 17.2 Å². The summed E-state index contributed by atoms with van der Waals surface area (Å²) in [6.07, 6.45) is 0.407. The molecular weight excluding hydrogens is 282 g/mol. The molecule has 0 fully saturated rings. The lowest BCUT2D eigenvalue weighted by Crippen LogP contribution is -2.23. The second-order valence-electron chi connectivity index (χ2n) is 4.52. The maximum atomic E-state index is 12.3. The fourth-order valence-electron chi connectivity index (χ4n) is 1.85. The molecular formula is C17H17NO2S. The SMILES string of the molecule is Cc1ccc(CNC(=O)c2ccccc2C#CCCO)s1. The van der Waals surface area contributed by atoms with Gasteiger partial charge in [-0.1, -0.05) is 24.0 Å². The van der Waals surface area contributed by atoms with E-state index in [1.807, 2.05) is 37.3 Å². The first-order valence-electron chi connectivity index (χ1n) is 6.73. The van der Waals surface area contributed by atoms with Gasteiger partial charge in [-0.05, 0) is 31.2 Å². The molecule has 1 heterocycles. The van der Waals surface area contributed by atoms with Crippen LogP contribution in [-0.4, -0.2) is 17.6 Å². The topological polar surface area (TPSA) is 49.3 Å². The number of aliphatic hydroxyl groups is 1. The largest absolute Gasteiger partial charge is 0.395 e. The van der Waals surface area contributed by atoms with Gasteiger partial charge in [0, 0.05) is 21.7 Å². The molecule has 0 radical (unpaired) electrons. The Morgan fingerprint density at radius 2 is 2.10 bits per heavy atom. The number of hydrogen-bond donors (Lipinski definition) is 2. The van der Waals surface area contributed by atoms with Crippen LogP contribution in [0.3, 0.4) is 0 Å². The zero-order valence-corrected chi connectivity index (χ0v) is 12.7. The first-order valence-corrected chi connectivity index (χ1v) is 7.54. The van der Waals surface area contributed by atoms with E-state index >= 15 is 0 Å². The third-order valence-electron chi connectivity index (χ3n) is 2.85. The van der Waals surface area contributed by atoms with Gasteiger partial charge < -0.3 is 10.4 Å². The summed E-state index contributed by atoms with van der Waals surface area (Å²) < 4.78 is 0. The lowest BCUT2D eigenvalue weighted by molar-refractivity contribution is 0.0951. The van der Waals surface area contributed by atoms with Crippen molar-refractivity contribution in [2.75, 3.05) is 6.61 Å². The third kappa shape index (κ3) is 4.45. The maximum Gasteiger partial charge on any atom is 0.252 e. The monoisotopic (exact) mass is 299 g/mol. The van der Waals surface area contributed by atoms with Crippen LogP contribution in [0, 0.1) is 18.8 Å². The van der Waals surface area contributed by atoms with E-state index in [0.717, 1.165) is 4.88 Å². The van der Waals surface area contributed by atoms with Crippen LogP contribution in [0.15, 0.2) is 36.4 Å². The molecule has 1 aromatic carbocycles. The van der Waals surface area contributed by atoms with E-state index in [0.29, 0.717) is 24.1 Å². The minimum Gasteiger partial charge on any atom is -0.395 e. The first kappa shape index (κ1) is 15.3. The minimum absolute atomic E-state index is 0.0269. The first-order chi connectivity index (χ1) is 10.2. The standard InChI is InChI=1S/C17H17NO2S/c1-13-9-10-15(21-13)12-18-17(20)16-8-3-2-6-14(16)7-4-5-11-19/h2-3,6,8-10,19H,5,11-12H2,1H3,(H,18,20). The molecule has 1 aromatic heterocycles. The number of rotatable bonds is 4. The number of carbonyl (C=O) groups is 1. The molecule has 0 aliphatic heterocycles. The van der Waals surface area contributed by atoms with Crippen LogP contribution < -0.4 is 5.32 Å². The Balaban J connectivity index is 2.07. The molecule has 2 rings (SSSR count). The van der Waals surface area contributed by atoms with Gasteiger partial charge in [0.1, 0.15) is 0 Å². The predicted molar refractivity (Wildman–Crippen MR) is 85.2 cm³/mol. The van der Waals surface area contributed by atoms with E-state index in [9.17, 15) is 4.79 Å². The number of aryl methyl sites for hydroxylation is 1. The quantitative estimate of drug-likeness (QED) is 0.853. The predicted octanol–water partition coefficient (Wildman–Crippen LogP) is 2.72. The zero-order valence-electron chi connectivity index (χ0n) is 11.8. The zero-order chi connectivity index (χ0) is 15.1. The molecule has 0 spiro atoms. The van der Waals surface area contributed by atoms with Crippen LogP contribution in [-0.2, 0) is 6.54 Å². The molecule has 1 amide bonds. The van der Waals surface area contributed by atoms with Crippen LogP contribution in [0.1, 0.15) is 32.1 Å². The van der Waals surface area contributed by atoms with Crippen LogP contribution in [0.4, 0.5) is 0 Å². The van der Waals surface area contributed by atoms with Crippen LogP contribution in [0.25, 0.3) is 0 Å². The number of carbonyl (C=O) groups excluding carboxylic acids is 1. The van der Waals surface area contributed by atoms with E-state index in [2.05, 4.69) is 17.2 Å². The van der Waals surface area contributed by atoms with Gasteiger partial charge in [0.05, 0.1) is 18.7 Å². The van der Waals surface area contributed by atoms with E-state index in [-0.39, 0.29) is 12.5 Å². The van der Waals surface area contributed by atoms with Crippen molar-refractivity contribution in [2.24, 2.45) is 0 Å². The molecule has 21 heavy (non-hydrogen) atoms. The summed E-state index contributed by atoms with van der Waals surface area (Å²) in [6, 6.07) is 11.3. The van der Waals surface area contributed by atoms with Crippen molar-refractivity contribution in [2.45, 2.75) is 19.9 Å². The summed E-state index contributed by atoms with van der Waals surface area (Å²) in [6.45, 7) is 2.59. The molecule has 0 unspecified atom stereocenters. The molecule has 4 heteroatoms. The van der Waals surface area contributed by atoms with Gasteiger partial charge >= 0.3 is 0 Å². The second kappa shape index (κ2) is 7.63. The van der Waals surface area contributed by atoms with Crippen LogP contribution >= 0.6 is 11.3 Å². The Bertz CT molecular complexity index is 679. The summed E-state index contributed by atoms with van der Waals surface area (Å²) >= 11 is 1.68. The van der Waals surface area contributed by atoms with Gasteiger partial charge in [0.15, 0.2) is 0 Å². The normalized spacial score (nSPS) is 9.81. The van der Waals surface area contributed by atoms with Crippen molar-refractivity contribution in [3.63, 3.8) is 0 Å². The highest BCUT2D eigenvalue weighted by Crippen LogP contribution is 2.15. The smallest absolute Gasteiger partial charge is 0.252 e. The Hall–Kier alpha value is -2.09. The average Bonchev–Trinajstić information content (AvgIpc) is 2.91. The van der Waals surface area contributed by atoms with E-state index in [1.54, 1.807) is 17.4 Å². The minimum atomic E-state index is -0.130. The average molecular weight is 299 g/mol. The van der Waals surface area contributed by atoms with Crippen molar-refractivity contribution in [3.8, 4) is 11.8 Å². The molecule has 2 N–H and O–H groups in total. The fraction of sp³-hybridized carbons (Fsp3) is 0.235. The second-order valence-corrected chi connectivity index (χ2v) is 5.89. The number of benzene rings is 1. The van der Waals surface area contributed by atoms with Crippen LogP contribution in [0.2, 0.25) is 0 Å². The summed E-state index contributed by atoms with van der Waals surface area (Å²) in [5.74, 6) is 5.65. The van der Waals surface area contributed by atoms with Crippen molar-refractivity contribution < 1.29 is 9.90 Å². The van der Waals surface area contributed by atoms with Gasteiger partial charge in [-0.2, -0.15) is 0 Å². The molecule has 0 aliphatic carbocycles. The Kier molecular flexibility index (Phi) is 5.56. The molecule has 0 aliphatic rings. The van der Waals surface area contributed by atoms with Crippen LogP contribution in [0.5, 0.6) is 0 Å². The lowest BCUT2D eigenvalue weighted by Gasteiger charge is -2.05. The maximum absolute atomic E-state index is 12.3. The highest BCUT2D eigenvalue weighted by atomic mass is 32.1. The highest BCUT2D eigenvalue weighted by molar-refractivity contribution is 7.11. The van der Waals surface area contributed by atoms with Gasteiger partial charge in [-0.3, -0.25) is 4.79 Å². The Morgan fingerprint density at radius 1 is 1.29 bits per heavy atom. The number of hydrogen-bond acceptors (Lipinski definition) is 3. The van der Waals surface area contributed by atoms with Gasteiger partial charge in [0.25, 0.3) is 5.91 Å². The van der Waals surface area contributed by atoms with Crippen molar-refractivity contribution in [1.29, 1.82) is 0 Å². The Labute approximate surface area is 128 Å². The van der Waals surface area contributed by atoms with E-state index < -0.39 is 0 Å². The highest BCUT2D eigenvalue weighted by Gasteiger charge is 2.09. The van der Waals surface area contributed by atoms with Gasteiger partial charge in [0.2, 0.25) is 0 Å². The van der Waals surface area contributed by atoms with E-state index in [1.165, 1.54) is 4.88 Å². The number of nitrogens with one attached hydrogen (secondary N) is 1. The summed E-state index contributed by atoms with van der Waals surface area (Å²) in [5.41, 5.74) is 1.25. The molecule has 3 nitrogen and oxygen atoms in total. The molecule has 2 aromatic rings. The number of thiophene rings is 1. The number of aliphatic hydroxyl groups excluding tert-OH is 1. The van der Waals surface area contributed by atoms with E-state index in [4.69, 9.17) is 5.11 Å². The molecule has 0 bridgehead atoms. The van der Waals surface area contributed by atoms with Gasteiger partial charge in [-0.15, -0.1) is 11.3 Å². The summed E-state index contributed by atoms with van der Waals surface area (Å²) in [7, 11) is 0. The lowest BCUT2D eigenvalue weighted by atomic mass is 10.1. The molecule has 0 saturated carbocycles.